The van der Waals surface area contributed by atoms with Gasteiger partial charge < -0.3 is 10.1 Å². The number of nitrogens with one attached hydrogen (secondary N) is 1. The summed E-state index contributed by atoms with van der Waals surface area (Å²) in [4.78, 5) is 11.7. The summed E-state index contributed by atoms with van der Waals surface area (Å²) in [6.45, 7) is 9.01. The fraction of sp³-hybridized carbons (Fsp3) is 0.733. The minimum absolute atomic E-state index is 0.207. The van der Waals surface area contributed by atoms with Crippen LogP contribution in [0.4, 0.5) is 0 Å². The third kappa shape index (κ3) is 3.60. The molecule has 0 aliphatic carbocycles. The molecule has 0 aromatic carbocycles. The van der Waals surface area contributed by atoms with Crippen molar-refractivity contribution in [2.24, 2.45) is 0 Å². The Labute approximate surface area is 121 Å². The van der Waals surface area contributed by atoms with E-state index in [1.807, 2.05) is 13.8 Å². The first-order valence-corrected chi connectivity index (χ1v) is 7.13. The van der Waals surface area contributed by atoms with Crippen LogP contribution < -0.4 is 5.32 Å². The van der Waals surface area contributed by atoms with Crippen molar-refractivity contribution >= 4 is 5.97 Å². The predicted octanol–water partition coefficient (Wildman–Crippen LogP) is 2.13. The molecule has 0 bridgehead atoms. The number of likely N-dealkylation sites (N-methyl/N-ethyl adjacent to an activating group) is 1. The summed E-state index contributed by atoms with van der Waals surface area (Å²) in [6.07, 6.45) is 2.70. The largest absolute Gasteiger partial charge is 0.468 e. The van der Waals surface area contributed by atoms with E-state index in [1.54, 1.807) is 7.05 Å². The van der Waals surface area contributed by atoms with E-state index in [1.165, 1.54) is 18.4 Å². The fourth-order valence-corrected chi connectivity index (χ4v) is 2.30. The summed E-state index contributed by atoms with van der Waals surface area (Å²) in [5, 5.41) is 7.58. The molecule has 0 aliphatic heterocycles. The molecule has 5 nitrogen and oxygen atoms in total. The molecule has 1 rings (SSSR count). The van der Waals surface area contributed by atoms with Crippen LogP contribution in [0.5, 0.6) is 0 Å². The summed E-state index contributed by atoms with van der Waals surface area (Å²) in [5.41, 5.74) is 2.99. The molecule has 1 aromatic heterocycles. The molecule has 1 unspecified atom stereocenters. The Bertz CT molecular complexity index is 468. The van der Waals surface area contributed by atoms with E-state index < -0.39 is 5.54 Å². The van der Waals surface area contributed by atoms with E-state index in [-0.39, 0.29) is 5.97 Å². The smallest absolute Gasteiger partial charge is 0.325 e. The van der Waals surface area contributed by atoms with E-state index >= 15 is 0 Å². The molecule has 0 aliphatic rings. The summed E-state index contributed by atoms with van der Waals surface area (Å²) in [7, 11) is 3.22. The molecule has 5 heteroatoms. The van der Waals surface area contributed by atoms with Gasteiger partial charge in [0.25, 0.3) is 0 Å². The number of hydrogen-bond donors (Lipinski definition) is 1. The molecule has 0 fully saturated rings. The van der Waals surface area contributed by atoms with E-state index in [9.17, 15) is 4.79 Å². The first kappa shape index (κ1) is 16.7. The number of carbonyl (C=O) groups excluding carboxylic acids is 1. The van der Waals surface area contributed by atoms with Crippen molar-refractivity contribution in [3.8, 4) is 0 Å². The van der Waals surface area contributed by atoms with E-state index in [0.717, 1.165) is 31.5 Å². The number of rotatable bonds is 7. The quantitative estimate of drug-likeness (QED) is 0.614. The third-order valence-electron chi connectivity index (χ3n) is 4.23. The van der Waals surface area contributed by atoms with Gasteiger partial charge >= 0.3 is 5.97 Å². The Hall–Kier alpha value is -1.36. The third-order valence-corrected chi connectivity index (χ3v) is 4.23. The second kappa shape index (κ2) is 6.88. The number of hydrogen-bond acceptors (Lipinski definition) is 4. The molecular weight excluding hydrogens is 254 g/mol. The average Bonchev–Trinajstić information content (AvgIpc) is 2.69. The van der Waals surface area contributed by atoms with Gasteiger partial charge in [0.15, 0.2) is 0 Å². The number of aryl methyl sites for hydroxylation is 2. The van der Waals surface area contributed by atoms with Crippen molar-refractivity contribution in [1.82, 2.24) is 15.1 Å². The van der Waals surface area contributed by atoms with Crippen molar-refractivity contribution in [1.29, 1.82) is 0 Å². The van der Waals surface area contributed by atoms with Gasteiger partial charge in [-0.25, -0.2) is 0 Å². The van der Waals surface area contributed by atoms with Crippen molar-refractivity contribution in [3.63, 3.8) is 0 Å². The van der Waals surface area contributed by atoms with Gasteiger partial charge in [-0.2, -0.15) is 5.10 Å². The lowest BCUT2D eigenvalue weighted by Gasteiger charge is -2.25. The van der Waals surface area contributed by atoms with Crippen LogP contribution >= 0.6 is 0 Å². The normalized spacial score (nSPS) is 14.1. The van der Waals surface area contributed by atoms with Crippen molar-refractivity contribution in [3.05, 3.63) is 17.0 Å². The van der Waals surface area contributed by atoms with E-state index in [4.69, 9.17) is 4.74 Å². The van der Waals surface area contributed by atoms with Gasteiger partial charge in [-0.15, -0.1) is 0 Å². The van der Waals surface area contributed by atoms with Crippen LogP contribution in [0.1, 0.15) is 43.1 Å². The number of nitrogens with zero attached hydrogens (tertiary/aromatic N) is 2. The first-order chi connectivity index (χ1) is 9.35. The SMILES string of the molecule is CNC(C)(CCCCn1nc(C)c(C)c1C)C(=O)OC. The van der Waals surface area contributed by atoms with Crippen molar-refractivity contribution in [2.75, 3.05) is 14.2 Å². The lowest BCUT2D eigenvalue weighted by atomic mass is 9.95. The Morgan fingerprint density at radius 2 is 2.00 bits per heavy atom. The number of carbonyl (C=O) groups is 1. The maximum Gasteiger partial charge on any atom is 0.325 e. The monoisotopic (exact) mass is 281 g/mol. The van der Waals surface area contributed by atoms with Crippen LogP contribution in [-0.2, 0) is 16.1 Å². The molecule has 0 saturated carbocycles. The zero-order valence-corrected chi connectivity index (χ0v) is 13.5. The van der Waals surface area contributed by atoms with Gasteiger partial charge in [-0.1, -0.05) is 0 Å². The van der Waals surface area contributed by atoms with E-state index in [2.05, 4.69) is 28.9 Å². The van der Waals surface area contributed by atoms with Gasteiger partial charge in [-0.3, -0.25) is 9.48 Å². The molecule has 1 N–H and O–H groups in total. The predicted molar refractivity (Wildman–Crippen MR) is 79.8 cm³/mol. The molecule has 1 atom stereocenters. The maximum absolute atomic E-state index is 11.7. The highest BCUT2D eigenvalue weighted by Gasteiger charge is 2.31. The maximum atomic E-state index is 11.7. The Morgan fingerprint density at radius 3 is 2.45 bits per heavy atom. The van der Waals surface area contributed by atoms with Crippen LogP contribution in [0, 0.1) is 20.8 Å². The minimum atomic E-state index is -0.597. The standard InChI is InChI=1S/C15H27N3O2/c1-11-12(2)17-18(13(11)3)10-8-7-9-15(4,16-5)14(19)20-6/h16H,7-10H2,1-6H3. The number of ether oxygens (including phenoxy) is 1. The molecule has 0 spiro atoms. The molecule has 0 saturated heterocycles. The number of methoxy groups -OCH3 is 1. The highest BCUT2D eigenvalue weighted by atomic mass is 16.5. The lowest BCUT2D eigenvalue weighted by Crippen LogP contribution is -2.48. The lowest BCUT2D eigenvalue weighted by molar-refractivity contribution is -0.148. The zero-order valence-electron chi connectivity index (χ0n) is 13.5. The van der Waals surface area contributed by atoms with Crippen LogP contribution in [0.15, 0.2) is 0 Å². The van der Waals surface area contributed by atoms with Gasteiger partial charge in [0.05, 0.1) is 12.8 Å². The molecule has 0 amide bonds. The topological polar surface area (TPSA) is 56.2 Å². The van der Waals surface area contributed by atoms with Gasteiger partial charge in [-0.05, 0) is 59.6 Å². The minimum Gasteiger partial charge on any atom is -0.468 e. The van der Waals surface area contributed by atoms with Crippen LogP contribution in [0.2, 0.25) is 0 Å². The molecular formula is C15H27N3O2. The Morgan fingerprint density at radius 1 is 1.35 bits per heavy atom. The molecule has 114 valence electrons. The van der Waals surface area contributed by atoms with Crippen LogP contribution in [0.3, 0.4) is 0 Å². The Kier molecular flexibility index (Phi) is 5.74. The molecule has 1 aromatic rings. The first-order valence-electron chi connectivity index (χ1n) is 7.13. The summed E-state index contributed by atoms with van der Waals surface area (Å²) in [6, 6.07) is 0. The summed E-state index contributed by atoms with van der Waals surface area (Å²) in [5.74, 6) is -0.207. The highest BCUT2D eigenvalue weighted by molar-refractivity contribution is 5.80. The van der Waals surface area contributed by atoms with Gasteiger partial charge in [0.1, 0.15) is 5.54 Å². The van der Waals surface area contributed by atoms with Crippen molar-refractivity contribution < 1.29 is 9.53 Å². The molecule has 1 heterocycles. The van der Waals surface area contributed by atoms with Crippen molar-refractivity contribution in [2.45, 2.75) is 59.0 Å². The highest BCUT2D eigenvalue weighted by Crippen LogP contribution is 2.17. The number of esters is 1. The van der Waals surface area contributed by atoms with Gasteiger partial charge in [0.2, 0.25) is 0 Å². The van der Waals surface area contributed by atoms with Gasteiger partial charge in [0, 0.05) is 12.2 Å². The zero-order chi connectivity index (χ0) is 15.3. The van der Waals surface area contributed by atoms with Crippen LogP contribution in [0.25, 0.3) is 0 Å². The molecule has 0 radical (unpaired) electrons. The summed E-state index contributed by atoms with van der Waals surface area (Å²) < 4.78 is 6.90. The summed E-state index contributed by atoms with van der Waals surface area (Å²) >= 11 is 0. The second-order valence-electron chi connectivity index (χ2n) is 5.55. The number of aromatic nitrogens is 2. The Balaban J connectivity index is 2.48. The average molecular weight is 281 g/mol. The number of unbranched alkanes of at least 4 members (excludes halogenated alkanes) is 1. The molecule has 20 heavy (non-hydrogen) atoms. The van der Waals surface area contributed by atoms with Crippen LogP contribution in [-0.4, -0.2) is 35.4 Å². The van der Waals surface area contributed by atoms with E-state index in [0.29, 0.717) is 0 Å². The second-order valence-corrected chi connectivity index (χ2v) is 5.55. The fourth-order valence-electron chi connectivity index (χ4n) is 2.30.